The molecule has 0 aliphatic carbocycles. The number of anilines is 1. The van der Waals surface area contributed by atoms with Gasteiger partial charge in [0.1, 0.15) is 5.54 Å². The Hall–Kier alpha value is -3.52. The number of nitrogens with two attached hydrogens (primary N) is 1. The minimum Gasteiger partial charge on any atom is -0.370 e. The number of hydrogen-bond donors (Lipinski definition) is 3. The van der Waals surface area contributed by atoms with E-state index in [1.165, 1.54) is 4.90 Å². The topological polar surface area (TPSA) is 122 Å². The van der Waals surface area contributed by atoms with Crippen LogP contribution in [0.15, 0.2) is 54.6 Å². The number of amides is 4. The van der Waals surface area contributed by atoms with Crippen LogP contribution in [0.25, 0.3) is 0 Å². The van der Waals surface area contributed by atoms with Gasteiger partial charge in [0.15, 0.2) is 0 Å². The maximum absolute atomic E-state index is 13.5. The van der Waals surface area contributed by atoms with E-state index in [2.05, 4.69) is 10.6 Å². The summed E-state index contributed by atoms with van der Waals surface area (Å²) in [6.07, 6.45) is 0.380. The molecule has 3 aliphatic rings. The highest BCUT2D eigenvalue weighted by molar-refractivity contribution is 6.15. The van der Waals surface area contributed by atoms with Crippen molar-refractivity contribution in [1.82, 2.24) is 10.2 Å². The number of nitrogens with one attached hydrogen (secondary N) is 2. The molecule has 0 aromatic heterocycles. The molecule has 1 spiro atoms. The van der Waals surface area contributed by atoms with Crippen molar-refractivity contribution < 1.29 is 19.2 Å². The molecular formula is C23H22N4O4. The van der Waals surface area contributed by atoms with Crippen molar-refractivity contribution >= 4 is 29.3 Å². The van der Waals surface area contributed by atoms with E-state index in [1.54, 1.807) is 24.3 Å². The third-order valence-corrected chi connectivity index (χ3v) is 6.60. The lowest BCUT2D eigenvalue weighted by molar-refractivity contribution is -0.142. The van der Waals surface area contributed by atoms with Crippen LogP contribution in [0.2, 0.25) is 0 Å². The summed E-state index contributed by atoms with van der Waals surface area (Å²) < 4.78 is 0. The van der Waals surface area contributed by atoms with Crippen molar-refractivity contribution in [3.8, 4) is 0 Å². The fourth-order valence-electron chi connectivity index (χ4n) is 5.32. The summed E-state index contributed by atoms with van der Waals surface area (Å²) in [4.78, 5) is 53.1. The normalized spacial score (nSPS) is 28.7. The number of rotatable bonds is 5. The van der Waals surface area contributed by atoms with Crippen molar-refractivity contribution in [2.45, 2.75) is 24.4 Å². The van der Waals surface area contributed by atoms with E-state index in [-0.39, 0.29) is 24.8 Å². The number of carbonyl (C=O) groups excluding carboxylic acids is 4. The number of hydrogen-bond acceptors (Lipinski definition) is 5. The Bertz CT molecular complexity index is 1100. The van der Waals surface area contributed by atoms with Gasteiger partial charge >= 0.3 is 0 Å². The third-order valence-electron chi connectivity index (χ3n) is 6.60. The van der Waals surface area contributed by atoms with E-state index in [4.69, 9.17) is 5.73 Å². The predicted octanol–water partition coefficient (Wildman–Crippen LogP) is 0.525. The van der Waals surface area contributed by atoms with Gasteiger partial charge in [-0.15, -0.1) is 0 Å². The lowest BCUT2D eigenvalue weighted by Crippen LogP contribution is -2.53. The van der Waals surface area contributed by atoms with Crippen molar-refractivity contribution in [3.63, 3.8) is 0 Å². The number of likely N-dealkylation sites (tertiary alicyclic amines) is 1. The predicted molar refractivity (Wildman–Crippen MR) is 111 cm³/mol. The van der Waals surface area contributed by atoms with Gasteiger partial charge in [0.25, 0.3) is 0 Å². The Labute approximate surface area is 178 Å². The second-order valence-corrected chi connectivity index (χ2v) is 8.30. The Morgan fingerprint density at radius 2 is 1.71 bits per heavy atom. The molecule has 3 heterocycles. The largest absolute Gasteiger partial charge is 0.370 e. The van der Waals surface area contributed by atoms with Gasteiger partial charge in [-0.25, -0.2) is 0 Å². The summed E-state index contributed by atoms with van der Waals surface area (Å²) in [6.45, 7) is 0.220. The number of nitrogens with zero attached hydrogens (tertiary/aromatic N) is 1. The highest BCUT2D eigenvalue weighted by Crippen LogP contribution is 2.53. The van der Waals surface area contributed by atoms with Crippen LogP contribution in [0.1, 0.15) is 17.5 Å². The van der Waals surface area contributed by atoms with Crippen LogP contribution in [0.4, 0.5) is 5.69 Å². The van der Waals surface area contributed by atoms with E-state index < -0.39 is 35.2 Å². The maximum atomic E-state index is 13.5. The zero-order valence-corrected chi connectivity index (χ0v) is 16.7. The molecule has 2 saturated heterocycles. The molecule has 8 heteroatoms. The molecule has 5 rings (SSSR count). The summed E-state index contributed by atoms with van der Waals surface area (Å²) in [5.41, 5.74) is 6.26. The van der Waals surface area contributed by atoms with Crippen molar-refractivity contribution in [2.24, 2.45) is 17.6 Å². The standard InChI is InChI=1S/C23H22N4O4/c24-17(28)12-16-18-19(23(26-16)14-8-4-5-9-15(14)25-22(23)31)21(30)27(20(18)29)11-10-13-6-2-1-3-7-13/h1-9,16,18-19,26H,10-12H2,(H2,24,28)(H,25,31)/t16-,18+,19+,23-/m1/s1. The molecule has 31 heavy (non-hydrogen) atoms. The molecule has 158 valence electrons. The van der Waals surface area contributed by atoms with Crippen LogP contribution >= 0.6 is 0 Å². The number of para-hydroxylation sites is 1. The molecule has 0 saturated carbocycles. The van der Waals surface area contributed by atoms with E-state index in [1.807, 2.05) is 30.3 Å². The first kappa shape index (κ1) is 19.4. The molecule has 4 atom stereocenters. The summed E-state index contributed by atoms with van der Waals surface area (Å²) in [6, 6.07) is 16.0. The minimum atomic E-state index is -1.39. The third kappa shape index (κ3) is 2.79. The van der Waals surface area contributed by atoms with Crippen molar-refractivity contribution in [1.29, 1.82) is 0 Å². The molecule has 2 aromatic rings. The summed E-state index contributed by atoms with van der Waals surface area (Å²) in [5, 5.41) is 6.00. The van der Waals surface area contributed by atoms with Crippen LogP contribution in [-0.2, 0) is 31.1 Å². The molecule has 4 amide bonds. The summed E-state index contributed by atoms with van der Waals surface area (Å²) in [7, 11) is 0. The molecule has 0 radical (unpaired) electrons. The maximum Gasteiger partial charge on any atom is 0.250 e. The summed E-state index contributed by atoms with van der Waals surface area (Å²) >= 11 is 0. The highest BCUT2D eigenvalue weighted by atomic mass is 16.2. The minimum absolute atomic E-state index is 0.135. The molecule has 0 unspecified atom stereocenters. The summed E-state index contributed by atoms with van der Waals surface area (Å²) in [5.74, 6) is -3.49. The number of fused-ring (bicyclic) bond motifs is 4. The van der Waals surface area contributed by atoms with E-state index in [9.17, 15) is 19.2 Å². The molecule has 4 N–H and O–H groups in total. The highest BCUT2D eigenvalue weighted by Gasteiger charge is 2.70. The van der Waals surface area contributed by atoms with Gasteiger partial charge in [0, 0.05) is 30.3 Å². The lowest BCUT2D eigenvalue weighted by Gasteiger charge is -2.29. The quantitative estimate of drug-likeness (QED) is 0.612. The Balaban J connectivity index is 1.53. The van der Waals surface area contributed by atoms with E-state index in [0.29, 0.717) is 17.7 Å². The molecule has 0 bridgehead atoms. The monoisotopic (exact) mass is 418 g/mol. The Morgan fingerprint density at radius 1 is 1.00 bits per heavy atom. The molecular weight excluding hydrogens is 396 g/mol. The molecule has 3 aliphatic heterocycles. The van der Waals surface area contributed by atoms with Crippen LogP contribution in [-0.4, -0.2) is 41.1 Å². The van der Waals surface area contributed by atoms with E-state index in [0.717, 1.165) is 5.56 Å². The number of primary amides is 1. The Morgan fingerprint density at radius 3 is 2.45 bits per heavy atom. The van der Waals surface area contributed by atoms with Gasteiger partial charge in [-0.05, 0) is 18.1 Å². The first-order valence-electron chi connectivity index (χ1n) is 10.3. The lowest BCUT2D eigenvalue weighted by atomic mass is 9.76. The number of carbonyl (C=O) groups is 4. The van der Waals surface area contributed by atoms with E-state index >= 15 is 0 Å². The van der Waals surface area contributed by atoms with Gasteiger partial charge in [0.05, 0.1) is 11.8 Å². The van der Waals surface area contributed by atoms with Gasteiger partial charge in [-0.3, -0.25) is 29.4 Å². The zero-order chi connectivity index (χ0) is 21.8. The SMILES string of the molecule is NC(=O)C[C@H]1N[C@@]2(C(=O)Nc3ccccc32)[C@@H]2C(=O)N(CCc3ccccc3)C(=O)[C@H]21. The van der Waals surface area contributed by atoms with Crippen molar-refractivity contribution in [3.05, 3.63) is 65.7 Å². The van der Waals surface area contributed by atoms with Gasteiger partial charge in [0.2, 0.25) is 23.6 Å². The fourth-order valence-corrected chi connectivity index (χ4v) is 5.32. The average Bonchev–Trinajstić information content (AvgIpc) is 3.32. The smallest absolute Gasteiger partial charge is 0.250 e. The number of imide groups is 1. The van der Waals surface area contributed by atoms with Crippen LogP contribution in [0.5, 0.6) is 0 Å². The number of benzene rings is 2. The second kappa shape index (κ2) is 7.02. The van der Waals surface area contributed by atoms with Crippen LogP contribution in [0.3, 0.4) is 0 Å². The van der Waals surface area contributed by atoms with Crippen LogP contribution < -0.4 is 16.4 Å². The average molecular weight is 418 g/mol. The zero-order valence-electron chi connectivity index (χ0n) is 16.7. The molecule has 2 fully saturated rings. The molecule has 8 nitrogen and oxygen atoms in total. The van der Waals surface area contributed by atoms with Crippen LogP contribution in [0, 0.1) is 11.8 Å². The van der Waals surface area contributed by atoms with Gasteiger partial charge < -0.3 is 11.1 Å². The fraction of sp³-hybridized carbons (Fsp3) is 0.304. The molecule has 2 aromatic carbocycles. The second-order valence-electron chi connectivity index (χ2n) is 8.30. The Kier molecular flexibility index (Phi) is 4.40. The van der Waals surface area contributed by atoms with Gasteiger partial charge in [-0.2, -0.15) is 0 Å². The van der Waals surface area contributed by atoms with Crippen molar-refractivity contribution in [2.75, 3.05) is 11.9 Å². The first-order valence-corrected chi connectivity index (χ1v) is 10.3. The first-order chi connectivity index (χ1) is 14.9. The van der Waals surface area contributed by atoms with Gasteiger partial charge in [-0.1, -0.05) is 48.5 Å².